The number of carbonyl (C=O) groups is 2. The van der Waals surface area contributed by atoms with Gasteiger partial charge in [0, 0.05) is 17.8 Å². The first kappa shape index (κ1) is 25.0. The van der Waals surface area contributed by atoms with Crippen molar-refractivity contribution in [2.75, 3.05) is 31.7 Å². The number of aliphatic imine (C=N–C) groups is 1. The van der Waals surface area contributed by atoms with Gasteiger partial charge in [-0.1, -0.05) is 37.8 Å². The number of hydrazone groups is 1. The highest BCUT2D eigenvalue weighted by atomic mass is 16.2. The van der Waals surface area contributed by atoms with Crippen LogP contribution in [0.4, 0.5) is 5.69 Å². The molecule has 2 aromatic rings. The summed E-state index contributed by atoms with van der Waals surface area (Å²) >= 11 is 0. The van der Waals surface area contributed by atoms with Crippen LogP contribution in [0.15, 0.2) is 71.3 Å². The first-order valence-electron chi connectivity index (χ1n) is 13.1. The lowest BCUT2D eigenvalue weighted by Crippen LogP contribution is -2.73. The molecule has 0 radical (unpaired) electrons. The number of pyridine rings is 1. The largest absolute Gasteiger partial charge is 0.385 e. The van der Waals surface area contributed by atoms with Crippen LogP contribution < -0.4 is 5.01 Å². The number of hydrogen-bond donors (Lipinski definition) is 0. The number of piperazine rings is 1. The van der Waals surface area contributed by atoms with Gasteiger partial charge in [0.2, 0.25) is 0 Å². The highest BCUT2D eigenvalue weighted by molar-refractivity contribution is 6.37. The summed E-state index contributed by atoms with van der Waals surface area (Å²) in [6.07, 6.45) is 6.67. The van der Waals surface area contributed by atoms with Crippen molar-refractivity contribution in [2.24, 2.45) is 10.1 Å². The first-order chi connectivity index (χ1) is 17.8. The van der Waals surface area contributed by atoms with Crippen molar-refractivity contribution in [2.45, 2.75) is 50.6 Å². The lowest BCUT2D eigenvalue weighted by molar-refractivity contribution is -0.879. The number of amidine groups is 1. The number of nitrogens with zero attached hydrogens (tertiary/aromatic N) is 6. The number of para-hydroxylation sites is 1. The topological polar surface area (TPSA) is 78.2 Å². The van der Waals surface area contributed by atoms with Crippen molar-refractivity contribution in [1.29, 1.82) is 0 Å². The zero-order valence-corrected chi connectivity index (χ0v) is 21.9. The van der Waals surface area contributed by atoms with Crippen LogP contribution in [0.25, 0.3) is 0 Å². The number of aromatic nitrogens is 1. The molecule has 3 atom stereocenters. The van der Waals surface area contributed by atoms with Gasteiger partial charge in [0.1, 0.15) is 17.8 Å². The average Bonchev–Trinajstić information content (AvgIpc) is 3.80. The van der Waals surface area contributed by atoms with Crippen molar-refractivity contribution in [1.82, 2.24) is 9.88 Å². The maximum absolute atomic E-state index is 14.0. The zero-order chi connectivity index (χ0) is 26.2. The van der Waals surface area contributed by atoms with E-state index >= 15 is 0 Å². The Morgan fingerprint density at radius 3 is 2.59 bits per heavy atom. The number of rotatable bonds is 6. The molecule has 0 bridgehead atoms. The molecule has 1 saturated carbocycles. The Kier molecular flexibility index (Phi) is 6.54. The molecule has 1 aromatic carbocycles. The van der Waals surface area contributed by atoms with Crippen molar-refractivity contribution in [3.8, 4) is 0 Å². The van der Waals surface area contributed by atoms with Gasteiger partial charge in [-0.05, 0) is 56.5 Å². The highest BCUT2D eigenvalue weighted by Crippen LogP contribution is 2.39. The summed E-state index contributed by atoms with van der Waals surface area (Å²) < 4.78 is 0.0332. The zero-order valence-electron chi connectivity index (χ0n) is 21.9. The number of anilines is 1. The minimum absolute atomic E-state index is 0.0246. The van der Waals surface area contributed by atoms with Gasteiger partial charge in [-0.3, -0.25) is 9.80 Å². The van der Waals surface area contributed by atoms with E-state index in [4.69, 9.17) is 5.10 Å². The minimum Gasteiger partial charge on any atom is -0.325 e. The standard InChI is InChI=1S/C29H35N6O2/c1-5-22-19-30-26(32-34(22)23-11-8-7-9-12-23)28(37)35(4)18-17-33(20-29(35,3)6-2)27(36)25-14-10-13-24(31-25)21-15-16-21/h6-14,19,21-22H,2,5,15-18,20H2,1,3-4H3/q+1. The van der Waals surface area contributed by atoms with E-state index in [9.17, 15) is 9.59 Å². The van der Waals surface area contributed by atoms with Crippen LogP contribution in [0, 0.1) is 0 Å². The molecule has 8 nitrogen and oxygen atoms in total. The molecule has 8 heteroatoms. The summed E-state index contributed by atoms with van der Waals surface area (Å²) in [5, 5.41) is 6.59. The quantitative estimate of drug-likeness (QED) is 0.444. The van der Waals surface area contributed by atoms with E-state index < -0.39 is 5.54 Å². The number of quaternary nitrogens is 1. The number of carbonyl (C=O) groups excluding carboxylic acids is 2. The normalized spacial score (nSPS) is 27.5. The first-order valence-corrected chi connectivity index (χ1v) is 13.1. The predicted octanol–water partition coefficient (Wildman–Crippen LogP) is 4.02. The third-order valence-electron chi connectivity index (χ3n) is 8.13. The predicted molar refractivity (Wildman–Crippen MR) is 146 cm³/mol. The van der Waals surface area contributed by atoms with Crippen LogP contribution >= 0.6 is 0 Å². The van der Waals surface area contributed by atoms with Gasteiger partial charge in [0.05, 0.1) is 31.9 Å². The summed E-state index contributed by atoms with van der Waals surface area (Å²) in [6, 6.07) is 15.5. The molecule has 5 rings (SSSR count). The van der Waals surface area contributed by atoms with Crippen LogP contribution in [-0.2, 0) is 4.79 Å². The van der Waals surface area contributed by atoms with Crippen LogP contribution in [-0.4, -0.2) is 76.5 Å². The molecule has 3 unspecified atom stereocenters. The Labute approximate surface area is 218 Å². The lowest BCUT2D eigenvalue weighted by atomic mass is 9.92. The highest BCUT2D eigenvalue weighted by Gasteiger charge is 2.54. The minimum atomic E-state index is -0.726. The second-order valence-electron chi connectivity index (χ2n) is 10.6. The third kappa shape index (κ3) is 4.50. The molecule has 3 heterocycles. The van der Waals surface area contributed by atoms with Gasteiger partial charge in [-0.15, -0.1) is 5.10 Å². The molecule has 2 fully saturated rings. The monoisotopic (exact) mass is 499 g/mol. The maximum atomic E-state index is 14.0. The molecule has 0 N–H and O–H groups in total. The van der Waals surface area contributed by atoms with Gasteiger partial charge >= 0.3 is 5.91 Å². The molecule has 3 aliphatic rings. The Bertz CT molecular complexity index is 1270. The van der Waals surface area contributed by atoms with Crippen LogP contribution in [0.1, 0.15) is 55.2 Å². The van der Waals surface area contributed by atoms with Gasteiger partial charge in [0.25, 0.3) is 11.7 Å². The van der Waals surface area contributed by atoms with E-state index in [1.54, 1.807) is 17.0 Å². The molecule has 192 valence electrons. The van der Waals surface area contributed by atoms with E-state index in [0.717, 1.165) is 30.6 Å². The Morgan fingerprint density at radius 1 is 1.16 bits per heavy atom. The Balaban J connectivity index is 1.39. The molecule has 1 aliphatic carbocycles. The van der Waals surface area contributed by atoms with Crippen LogP contribution in [0.3, 0.4) is 0 Å². The summed E-state index contributed by atoms with van der Waals surface area (Å²) in [5.74, 6) is 0.353. The maximum Gasteiger partial charge on any atom is 0.385 e. The number of benzene rings is 1. The SMILES string of the molecule is C=CC1(C)CN(C(=O)c2cccc(C3CC3)n2)CC[N+]1(C)C(=O)C1=NN(c2ccccc2)C(CC)C=N1. The summed E-state index contributed by atoms with van der Waals surface area (Å²) in [5.41, 5.74) is 1.64. The molecular weight excluding hydrogens is 464 g/mol. The second-order valence-corrected chi connectivity index (χ2v) is 10.6. The summed E-state index contributed by atoms with van der Waals surface area (Å²) in [4.78, 5) is 38.4. The second kappa shape index (κ2) is 9.67. The molecule has 2 amide bonds. The van der Waals surface area contributed by atoms with Gasteiger partial charge in [0.15, 0.2) is 0 Å². The van der Waals surface area contributed by atoms with Gasteiger partial charge < -0.3 is 4.90 Å². The van der Waals surface area contributed by atoms with Crippen molar-refractivity contribution >= 4 is 29.6 Å². The van der Waals surface area contributed by atoms with Gasteiger partial charge in [-0.2, -0.15) is 0 Å². The van der Waals surface area contributed by atoms with E-state index in [-0.39, 0.29) is 28.2 Å². The smallest absolute Gasteiger partial charge is 0.325 e. The molecule has 37 heavy (non-hydrogen) atoms. The lowest BCUT2D eigenvalue weighted by Gasteiger charge is -2.51. The molecule has 0 spiro atoms. The number of amides is 2. The Morgan fingerprint density at radius 2 is 1.92 bits per heavy atom. The third-order valence-corrected chi connectivity index (χ3v) is 8.13. The van der Waals surface area contributed by atoms with E-state index in [0.29, 0.717) is 31.2 Å². The Hall–Kier alpha value is -3.65. The van der Waals surface area contributed by atoms with Crippen molar-refractivity contribution in [3.63, 3.8) is 0 Å². The fourth-order valence-corrected chi connectivity index (χ4v) is 5.16. The molecular formula is C29H35N6O2+. The summed E-state index contributed by atoms with van der Waals surface area (Å²) in [6.45, 7) is 9.32. The average molecular weight is 500 g/mol. The van der Waals surface area contributed by atoms with E-state index in [1.807, 2.05) is 67.7 Å². The van der Waals surface area contributed by atoms with Crippen LogP contribution in [0.5, 0.6) is 0 Å². The molecule has 2 aliphatic heterocycles. The summed E-state index contributed by atoms with van der Waals surface area (Å²) in [7, 11) is 1.90. The molecule has 1 saturated heterocycles. The number of hydrogen-bond acceptors (Lipinski definition) is 6. The number of likely N-dealkylation sites (N-methyl/N-ethyl adjacent to an activating group) is 1. The van der Waals surface area contributed by atoms with E-state index in [1.165, 1.54) is 0 Å². The fourth-order valence-electron chi connectivity index (χ4n) is 5.16. The fraction of sp³-hybridized carbons (Fsp3) is 0.414. The van der Waals surface area contributed by atoms with Crippen molar-refractivity contribution in [3.05, 3.63) is 72.6 Å². The van der Waals surface area contributed by atoms with Crippen LogP contribution in [0.2, 0.25) is 0 Å². The molecule has 1 aromatic heterocycles. The van der Waals surface area contributed by atoms with E-state index in [2.05, 4.69) is 23.5 Å². The van der Waals surface area contributed by atoms with Gasteiger partial charge in [-0.25, -0.2) is 19.3 Å². The van der Waals surface area contributed by atoms with Crippen molar-refractivity contribution < 1.29 is 14.1 Å².